The number of carbonyl (C=O) groups excluding carboxylic acids is 3. The molecule has 3 aliphatic heterocycles. The Kier molecular flexibility index (Phi) is 7.53. The highest BCUT2D eigenvalue weighted by Crippen LogP contribution is 2.54. The van der Waals surface area contributed by atoms with Crippen LogP contribution in [-0.2, 0) is 26.3 Å². The van der Waals surface area contributed by atoms with Crippen LogP contribution in [0.15, 0.2) is 62.8 Å². The smallest absolute Gasteiger partial charge is 0.308 e. The van der Waals surface area contributed by atoms with Gasteiger partial charge in [-0.15, -0.1) is 0 Å². The Morgan fingerprint density at radius 2 is 1.59 bits per heavy atom. The zero-order valence-electron chi connectivity index (χ0n) is 23.3. The number of benzene rings is 2. The van der Waals surface area contributed by atoms with E-state index in [-0.39, 0.29) is 34.6 Å². The third kappa shape index (κ3) is 5.12. The number of thiazole rings is 1. The average molecular weight is 655 g/mol. The van der Waals surface area contributed by atoms with Gasteiger partial charge in [0.1, 0.15) is 11.8 Å². The molecule has 3 atom stereocenters. The highest BCUT2D eigenvalue weighted by molar-refractivity contribution is 9.10. The molecule has 10 heteroatoms. The summed E-state index contributed by atoms with van der Waals surface area (Å²) < 4.78 is 2.39. The van der Waals surface area contributed by atoms with E-state index in [4.69, 9.17) is 0 Å². The number of hydrogen-bond acceptors (Lipinski definition) is 6. The van der Waals surface area contributed by atoms with Crippen molar-refractivity contribution < 1.29 is 14.4 Å². The Balaban J connectivity index is 1.44. The van der Waals surface area contributed by atoms with E-state index in [9.17, 15) is 19.2 Å². The number of thioether (sulfide) groups is 1. The largest absolute Gasteiger partial charge is 0.341 e. The second kappa shape index (κ2) is 10.9. The van der Waals surface area contributed by atoms with Crippen LogP contribution in [0.2, 0.25) is 0 Å². The van der Waals surface area contributed by atoms with Crippen LogP contribution in [0.5, 0.6) is 0 Å². The maximum absolute atomic E-state index is 14.1. The minimum atomic E-state index is -0.698. The lowest BCUT2D eigenvalue weighted by molar-refractivity contribution is -0.133. The first-order valence-corrected chi connectivity index (χ1v) is 16.5. The molecule has 0 radical (unpaired) electrons. The van der Waals surface area contributed by atoms with Crippen LogP contribution in [0.3, 0.4) is 0 Å². The zero-order chi connectivity index (χ0) is 29.1. The summed E-state index contributed by atoms with van der Waals surface area (Å²) in [5.41, 5.74) is 2.53. The van der Waals surface area contributed by atoms with Crippen molar-refractivity contribution >= 4 is 62.4 Å². The summed E-state index contributed by atoms with van der Waals surface area (Å²) in [7, 11) is 0. The first kappa shape index (κ1) is 28.4. The Hall–Kier alpha value is -2.69. The highest BCUT2D eigenvalue weighted by atomic mass is 79.9. The van der Waals surface area contributed by atoms with Gasteiger partial charge >= 0.3 is 4.87 Å². The molecular weight excluding hydrogens is 622 g/mol. The molecular formula is C31H32BrN3O4S2. The third-order valence-corrected chi connectivity index (χ3v) is 11.4. The lowest BCUT2D eigenvalue weighted by Gasteiger charge is -2.31. The van der Waals surface area contributed by atoms with Crippen molar-refractivity contribution in [1.29, 1.82) is 0 Å². The van der Waals surface area contributed by atoms with Gasteiger partial charge in [-0.25, -0.2) is 4.90 Å². The first-order chi connectivity index (χ1) is 19.5. The minimum Gasteiger partial charge on any atom is -0.341 e. The number of likely N-dealkylation sites (tertiary alicyclic amines) is 1. The average Bonchev–Trinajstić information content (AvgIpc) is 3.40. The quantitative estimate of drug-likeness (QED) is 0.334. The number of halogens is 1. The molecule has 0 N–H and O–H groups in total. The van der Waals surface area contributed by atoms with Gasteiger partial charge in [-0.1, -0.05) is 84.1 Å². The van der Waals surface area contributed by atoms with Gasteiger partial charge < -0.3 is 4.90 Å². The molecule has 0 bridgehead atoms. The van der Waals surface area contributed by atoms with E-state index >= 15 is 0 Å². The van der Waals surface area contributed by atoms with Crippen molar-refractivity contribution in [2.75, 3.05) is 18.0 Å². The Morgan fingerprint density at radius 1 is 0.927 bits per heavy atom. The van der Waals surface area contributed by atoms with Gasteiger partial charge in [0.05, 0.1) is 16.6 Å². The number of rotatable bonds is 4. The van der Waals surface area contributed by atoms with E-state index < -0.39 is 17.1 Å². The van der Waals surface area contributed by atoms with Crippen LogP contribution < -0.4 is 9.77 Å². The van der Waals surface area contributed by atoms with Crippen molar-refractivity contribution in [2.24, 2.45) is 5.92 Å². The van der Waals surface area contributed by atoms with Gasteiger partial charge in [0.15, 0.2) is 0 Å². The Labute approximate surface area is 256 Å². The predicted octanol–water partition coefficient (Wildman–Crippen LogP) is 5.78. The summed E-state index contributed by atoms with van der Waals surface area (Å²) in [5, 5.41) is -0.0633. The summed E-state index contributed by atoms with van der Waals surface area (Å²) in [6.07, 6.45) is 3.04. The molecule has 3 aliphatic rings. The van der Waals surface area contributed by atoms with Crippen LogP contribution >= 0.6 is 39.0 Å². The monoisotopic (exact) mass is 653 g/mol. The van der Waals surface area contributed by atoms with E-state index in [0.717, 1.165) is 51.1 Å². The van der Waals surface area contributed by atoms with E-state index in [1.165, 1.54) is 21.2 Å². The summed E-state index contributed by atoms with van der Waals surface area (Å²) in [4.78, 5) is 58.3. The SMILES string of the molecule is CC(C)(C)c1ccc([C@H]2c3sc(=O)n(CC(=O)N4CCCCC4)c3SC3C(=O)N(c4ccc(Br)cc4)C(=O)C32)cc1. The van der Waals surface area contributed by atoms with Gasteiger partial charge in [-0.2, -0.15) is 0 Å². The van der Waals surface area contributed by atoms with Crippen LogP contribution in [0.25, 0.3) is 0 Å². The number of piperidine rings is 1. The number of anilines is 1. The van der Waals surface area contributed by atoms with Crippen LogP contribution in [0.4, 0.5) is 5.69 Å². The third-order valence-electron chi connectivity index (χ3n) is 8.27. The Bertz CT molecular complexity index is 1570. The van der Waals surface area contributed by atoms with Crippen LogP contribution in [0, 0.1) is 5.92 Å². The molecule has 3 amide bonds. The van der Waals surface area contributed by atoms with Crippen LogP contribution in [-0.4, -0.2) is 45.5 Å². The maximum Gasteiger partial charge on any atom is 0.308 e. The van der Waals surface area contributed by atoms with E-state index in [2.05, 4.69) is 48.8 Å². The number of fused-ring (bicyclic) bond motifs is 2. The number of carbonyl (C=O) groups is 3. The van der Waals surface area contributed by atoms with Crippen molar-refractivity contribution in [1.82, 2.24) is 9.47 Å². The lowest BCUT2D eigenvalue weighted by Crippen LogP contribution is -2.39. The minimum absolute atomic E-state index is 0.0465. The molecule has 2 aromatic carbocycles. The lowest BCUT2D eigenvalue weighted by atomic mass is 9.81. The number of imide groups is 1. The highest BCUT2D eigenvalue weighted by Gasteiger charge is 2.56. The van der Waals surface area contributed by atoms with Gasteiger partial charge in [0.2, 0.25) is 17.7 Å². The second-order valence-electron chi connectivity index (χ2n) is 12.0. The Morgan fingerprint density at radius 3 is 2.22 bits per heavy atom. The predicted molar refractivity (Wildman–Crippen MR) is 166 cm³/mol. The molecule has 7 nitrogen and oxygen atoms in total. The number of nitrogens with zero attached hydrogens (tertiary/aromatic N) is 3. The van der Waals surface area contributed by atoms with Gasteiger partial charge in [-0.05, 0) is 60.1 Å². The molecule has 2 unspecified atom stereocenters. The van der Waals surface area contributed by atoms with Gasteiger partial charge in [0.25, 0.3) is 0 Å². The van der Waals surface area contributed by atoms with Crippen molar-refractivity contribution in [3.8, 4) is 0 Å². The van der Waals surface area contributed by atoms with Crippen molar-refractivity contribution in [3.05, 3.63) is 78.7 Å². The fourth-order valence-electron chi connectivity index (χ4n) is 6.03. The summed E-state index contributed by atoms with van der Waals surface area (Å²) >= 11 is 5.79. The number of amides is 3. The standard InChI is InChI=1S/C31H32BrN3O4S2/c1-31(2,3)19-9-7-18(8-10-19)23-24-25(28(38)35(27(24)37)21-13-11-20(32)12-14-21)40-29-26(23)41-30(39)34(29)17-22(36)33-15-5-4-6-16-33/h7-14,23-25H,4-6,15-17H2,1-3H3/t23-,24?,25?/m1/s1. The molecule has 0 saturated carbocycles. The molecule has 3 aromatic rings. The summed E-state index contributed by atoms with van der Waals surface area (Å²) in [6, 6.07) is 15.3. The zero-order valence-corrected chi connectivity index (χ0v) is 26.5. The van der Waals surface area contributed by atoms with Gasteiger partial charge in [0, 0.05) is 28.4 Å². The molecule has 2 fully saturated rings. The molecule has 4 heterocycles. The molecule has 1 aromatic heterocycles. The molecule has 0 aliphatic carbocycles. The molecule has 2 saturated heterocycles. The second-order valence-corrected chi connectivity index (χ2v) is 15.0. The summed E-state index contributed by atoms with van der Waals surface area (Å²) in [6.45, 7) is 7.80. The van der Waals surface area contributed by atoms with E-state index in [1.54, 1.807) is 12.1 Å². The molecule has 41 heavy (non-hydrogen) atoms. The first-order valence-electron chi connectivity index (χ1n) is 14.0. The number of hydrogen-bond donors (Lipinski definition) is 0. The van der Waals surface area contributed by atoms with Gasteiger partial charge in [-0.3, -0.25) is 23.7 Å². The topological polar surface area (TPSA) is 79.7 Å². The number of aromatic nitrogens is 1. The van der Waals surface area contributed by atoms with E-state index in [1.807, 2.05) is 29.2 Å². The normalized spacial score (nSPS) is 22.6. The summed E-state index contributed by atoms with van der Waals surface area (Å²) in [5.74, 6) is -1.75. The maximum atomic E-state index is 14.1. The molecule has 6 rings (SSSR count). The molecule has 214 valence electrons. The fraction of sp³-hybridized carbons (Fsp3) is 0.419. The van der Waals surface area contributed by atoms with Crippen molar-refractivity contribution in [3.63, 3.8) is 0 Å². The fourth-order valence-corrected chi connectivity index (χ4v) is 9.07. The van der Waals surface area contributed by atoms with Crippen LogP contribution in [0.1, 0.15) is 62.0 Å². The van der Waals surface area contributed by atoms with Crippen molar-refractivity contribution in [2.45, 2.75) is 68.2 Å². The van der Waals surface area contributed by atoms with E-state index in [0.29, 0.717) is 23.8 Å². The molecule has 0 spiro atoms.